The Morgan fingerprint density at radius 2 is 2.06 bits per heavy atom. The van der Waals surface area contributed by atoms with Crippen LogP contribution in [0.4, 0.5) is 11.4 Å². The highest BCUT2D eigenvalue weighted by atomic mass is 16.5. The van der Waals surface area contributed by atoms with Crippen molar-refractivity contribution in [3.8, 4) is 0 Å². The van der Waals surface area contributed by atoms with Crippen molar-refractivity contribution in [1.82, 2.24) is 0 Å². The maximum atomic E-state index is 11.3. The monoisotopic (exact) mass is 236 g/mol. The number of carbonyl (C=O) groups excluding carboxylic acids is 1. The average Bonchev–Trinajstić information content (AvgIpc) is 2.35. The van der Waals surface area contributed by atoms with Crippen LogP contribution < -0.4 is 10.2 Å². The number of nitrogens with zero attached hydrogens (tertiary/aromatic N) is 1. The molecule has 0 saturated heterocycles. The summed E-state index contributed by atoms with van der Waals surface area (Å²) in [6, 6.07) is 7.99. The first-order valence-electron chi connectivity index (χ1n) is 5.64. The van der Waals surface area contributed by atoms with Gasteiger partial charge in [-0.15, -0.1) is 0 Å². The number of rotatable bonds is 5. The molecule has 0 aliphatic rings. The van der Waals surface area contributed by atoms with Gasteiger partial charge in [0, 0.05) is 20.6 Å². The van der Waals surface area contributed by atoms with Gasteiger partial charge in [0.1, 0.15) is 0 Å². The minimum Gasteiger partial charge on any atom is -0.469 e. The fraction of sp³-hybridized carbons (Fsp3) is 0.462. The zero-order valence-corrected chi connectivity index (χ0v) is 10.9. The molecule has 94 valence electrons. The first-order chi connectivity index (χ1) is 8.06. The first kappa shape index (κ1) is 13.4. The summed E-state index contributed by atoms with van der Waals surface area (Å²) in [5.41, 5.74) is 2.12. The number of carbonyl (C=O) groups is 1. The normalized spacial score (nSPS) is 11.8. The third-order valence-corrected chi connectivity index (χ3v) is 2.59. The molecule has 0 heterocycles. The van der Waals surface area contributed by atoms with Crippen molar-refractivity contribution in [2.75, 3.05) is 38.0 Å². The maximum absolute atomic E-state index is 11.3. The highest BCUT2D eigenvalue weighted by Gasteiger charge is 2.13. The molecule has 0 aliphatic carbocycles. The van der Waals surface area contributed by atoms with Crippen LogP contribution in [0.2, 0.25) is 0 Å². The molecule has 4 nitrogen and oxygen atoms in total. The number of methoxy groups -OCH3 is 1. The second-order valence-electron chi connectivity index (χ2n) is 4.22. The third kappa shape index (κ3) is 3.66. The van der Waals surface area contributed by atoms with Crippen molar-refractivity contribution >= 4 is 17.3 Å². The molecule has 0 amide bonds. The van der Waals surface area contributed by atoms with E-state index in [-0.39, 0.29) is 11.9 Å². The average molecular weight is 236 g/mol. The molecule has 1 rings (SSSR count). The van der Waals surface area contributed by atoms with Crippen LogP contribution in [-0.4, -0.2) is 33.7 Å². The molecule has 1 aromatic carbocycles. The van der Waals surface area contributed by atoms with Gasteiger partial charge >= 0.3 is 5.97 Å². The lowest BCUT2D eigenvalue weighted by Crippen LogP contribution is -2.22. The van der Waals surface area contributed by atoms with Gasteiger partial charge in [0.15, 0.2) is 0 Å². The molecule has 17 heavy (non-hydrogen) atoms. The second kappa shape index (κ2) is 6.13. The summed E-state index contributed by atoms with van der Waals surface area (Å²) in [5, 5.41) is 3.27. The molecule has 0 bridgehead atoms. The van der Waals surface area contributed by atoms with Gasteiger partial charge in [-0.25, -0.2) is 0 Å². The number of nitrogens with one attached hydrogen (secondary N) is 1. The van der Waals surface area contributed by atoms with Crippen LogP contribution in [0.3, 0.4) is 0 Å². The molecule has 1 atom stereocenters. The maximum Gasteiger partial charge on any atom is 0.310 e. The number of hydrogen-bond acceptors (Lipinski definition) is 4. The minimum atomic E-state index is -0.195. The van der Waals surface area contributed by atoms with E-state index in [9.17, 15) is 4.79 Å². The third-order valence-electron chi connectivity index (χ3n) is 2.59. The minimum absolute atomic E-state index is 0.157. The lowest BCUT2D eigenvalue weighted by atomic mass is 10.1. The molecule has 0 saturated carbocycles. The highest BCUT2D eigenvalue weighted by molar-refractivity contribution is 5.74. The van der Waals surface area contributed by atoms with Crippen molar-refractivity contribution in [2.45, 2.75) is 6.92 Å². The summed E-state index contributed by atoms with van der Waals surface area (Å²) in [7, 11) is 5.39. The number of ether oxygens (including phenoxy) is 1. The van der Waals surface area contributed by atoms with Crippen LogP contribution in [0.5, 0.6) is 0 Å². The quantitative estimate of drug-likeness (QED) is 0.794. The van der Waals surface area contributed by atoms with Crippen molar-refractivity contribution < 1.29 is 9.53 Å². The summed E-state index contributed by atoms with van der Waals surface area (Å²) in [5.74, 6) is -0.352. The Hall–Kier alpha value is -1.71. The summed E-state index contributed by atoms with van der Waals surface area (Å²) in [6.07, 6.45) is 0. The Balaban J connectivity index is 2.66. The van der Waals surface area contributed by atoms with Gasteiger partial charge in [0.2, 0.25) is 0 Å². The van der Waals surface area contributed by atoms with E-state index >= 15 is 0 Å². The summed E-state index contributed by atoms with van der Waals surface area (Å²) < 4.78 is 4.69. The predicted octanol–water partition coefficient (Wildman–Crippen LogP) is 1.97. The zero-order valence-electron chi connectivity index (χ0n) is 10.9. The summed E-state index contributed by atoms with van der Waals surface area (Å²) >= 11 is 0. The van der Waals surface area contributed by atoms with Crippen LogP contribution in [0, 0.1) is 5.92 Å². The van der Waals surface area contributed by atoms with Crippen molar-refractivity contribution in [3.05, 3.63) is 24.3 Å². The van der Waals surface area contributed by atoms with Gasteiger partial charge in [0.05, 0.1) is 24.4 Å². The van der Waals surface area contributed by atoms with Crippen molar-refractivity contribution in [2.24, 2.45) is 5.92 Å². The zero-order chi connectivity index (χ0) is 12.8. The summed E-state index contributed by atoms with van der Waals surface area (Å²) in [6.45, 7) is 2.41. The molecule has 1 unspecified atom stereocenters. The standard InChI is InChI=1S/C13H20N2O2/c1-10(13(16)17-4)9-14-11-7-5-6-8-12(11)15(2)3/h5-8,10,14H,9H2,1-4H3. The fourth-order valence-electron chi connectivity index (χ4n) is 1.56. The van der Waals surface area contributed by atoms with Gasteiger partial charge in [0.25, 0.3) is 0 Å². The highest BCUT2D eigenvalue weighted by Crippen LogP contribution is 2.23. The molecule has 0 aliphatic heterocycles. The first-order valence-corrected chi connectivity index (χ1v) is 5.64. The largest absolute Gasteiger partial charge is 0.469 e. The molecule has 1 aromatic rings. The number of hydrogen-bond donors (Lipinski definition) is 1. The summed E-state index contributed by atoms with van der Waals surface area (Å²) in [4.78, 5) is 13.3. The number of benzene rings is 1. The lowest BCUT2D eigenvalue weighted by Gasteiger charge is -2.19. The number of anilines is 2. The topological polar surface area (TPSA) is 41.6 Å². The molecular formula is C13H20N2O2. The molecule has 0 fully saturated rings. The van der Waals surface area contributed by atoms with Crippen LogP contribution in [0.1, 0.15) is 6.92 Å². The molecular weight excluding hydrogens is 216 g/mol. The molecule has 4 heteroatoms. The van der Waals surface area contributed by atoms with E-state index in [0.717, 1.165) is 11.4 Å². The van der Waals surface area contributed by atoms with E-state index in [1.54, 1.807) is 0 Å². The van der Waals surface area contributed by atoms with Crippen LogP contribution >= 0.6 is 0 Å². The van der Waals surface area contributed by atoms with Gasteiger partial charge in [-0.05, 0) is 12.1 Å². The SMILES string of the molecule is COC(=O)C(C)CNc1ccccc1N(C)C. The van der Waals surface area contributed by atoms with Crippen molar-refractivity contribution in [3.63, 3.8) is 0 Å². The Bertz CT molecular complexity index is 377. The van der Waals surface area contributed by atoms with Gasteiger partial charge in [-0.2, -0.15) is 0 Å². The van der Waals surface area contributed by atoms with E-state index in [1.165, 1.54) is 7.11 Å². The van der Waals surface area contributed by atoms with Crippen LogP contribution in [-0.2, 0) is 9.53 Å². The Labute approximate surface area is 103 Å². The van der Waals surface area contributed by atoms with E-state index in [2.05, 4.69) is 10.1 Å². The second-order valence-corrected chi connectivity index (χ2v) is 4.22. The van der Waals surface area contributed by atoms with Gasteiger partial charge in [-0.1, -0.05) is 19.1 Å². The number of para-hydroxylation sites is 2. The number of esters is 1. The van der Waals surface area contributed by atoms with Crippen LogP contribution in [0.15, 0.2) is 24.3 Å². The van der Waals surface area contributed by atoms with Gasteiger partial charge in [-0.3, -0.25) is 4.79 Å². The van der Waals surface area contributed by atoms with Gasteiger partial charge < -0.3 is 15.0 Å². The molecule has 0 aromatic heterocycles. The molecule has 0 spiro atoms. The Morgan fingerprint density at radius 3 is 2.65 bits per heavy atom. The Kier molecular flexibility index (Phi) is 4.82. The Morgan fingerprint density at radius 1 is 1.41 bits per heavy atom. The van der Waals surface area contributed by atoms with E-state index in [1.807, 2.05) is 50.2 Å². The smallest absolute Gasteiger partial charge is 0.310 e. The van der Waals surface area contributed by atoms with E-state index in [0.29, 0.717) is 6.54 Å². The van der Waals surface area contributed by atoms with Crippen molar-refractivity contribution in [1.29, 1.82) is 0 Å². The van der Waals surface area contributed by atoms with E-state index < -0.39 is 0 Å². The fourth-order valence-corrected chi connectivity index (χ4v) is 1.56. The predicted molar refractivity (Wildman–Crippen MR) is 70.4 cm³/mol. The lowest BCUT2D eigenvalue weighted by molar-refractivity contribution is -0.144. The van der Waals surface area contributed by atoms with Crippen LogP contribution in [0.25, 0.3) is 0 Å². The van der Waals surface area contributed by atoms with E-state index in [4.69, 9.17) is 0 Å². The molecule has 0 radical (unpaired) electrons. The molecule has 1 N–H and O–H groups in total.